The molecule has 1 fully saturated rings. The van der Waals surface area contributed by atoms with Gasteiger partial charge in [0.2, 0.25) is 0 Å². The van der Waals surface area contributed by atoms with Crippen molar-refractivity contribution < 1.29 is 4.79 Å². The first kappa shape index (κ1) is 11.9. The predicted octanol–water partition coefficient (Wildman–Crippen LogP) is 1.28. The van der Waals surface area contributed by atoms with E-state index in [-0.39, 0.29) is 6.03 Å². The molecule has 100 valence electrons. The second-order valence-electron chi connectivity index (χ2n) is 4.72. The van der Waals surface area contributed by atoms with Crippen molar-refractivity contribution in [3.05, 3.63) is 11.8 Å². The number of carbonyl (C=O) groups is 1. The lowest BCUT2D eigenvalue weighted by atomic mass is 10.3. The van der Waals surface area contributed by atoms with E-state index in [2.05, 4.69) is 30.8 Å². The number of nitrogens with one attached hydrogen (secondary N) is 3. The number of rotatable bonds is 5. The molecule has 7 heteroatoms. The van der Waals surface area contributed by atoms with Crippen LogP contribution in [0.4, 0.5) is 10.6 Å². The van der Waals surface area contributed by atoms with Gasteiger partial charge < -0.3 is 5.32 Å². The minimum atomic E-state index is -0.246. The van der Waals surface area contributed by atoms with Crippen LogP contribution in [0.25, 0.3) is 0 Å². The average molecular weight is 260 g/mol. The first-order valence-electron chi connectivity index (χ1n) is 6.44. The van der Waals surface area contributed by atoms with Gasteiger partial charge in [-0.05, 0) is 12.8 Å². The van der Waals surface area contributed by atoms with E-state index in [9.17, 15) is 4.79 Å². The van der Waals surface area contributed by atoms with E-state index in [0.29, 0.717) is 31.4 Å². The monoisotopic (exact) mass is 260 g/mol. The summed E-state index contributed by atoms with van der Waals surface area (Å²) in [4.78, 5) is 19.8. The van der Waals surface area contributed by atoms with E-state index in [1.807, 2.05) is 6.07 Å². The number of hydrogen-bond donors (Lipinski definition) is 3. The molecular weight excluding hydrogens is 244 g/mol. The van der Waals surface area contributed by atoms with Crippen molar-refractivity contribution in [1.82, 2.24) is 15.5 Å². The highest BCUT2D eigenvalue weighted by molar-refractivity contribution is 6.31. The topological polar surface area (TPSA) is 94.5 Å². The molecular formula is C12H16N6O. The Morgan fingerprint density at radius 2 is 2.37 bits per heavy atom. The van der Waals surface area contributed by atoms with Crippen LogP contribution >= 0.6 is 0 Å². The van der Waals surface area contributed by atoms with Gasteiger partial charge in [-0.3, -0.25) is 20.4 Å². The van der Waals surface area contributed by atoms with E-state index < -0.39 is 0 Å². The number of H-pyrrole nitrogens is 1. The largest absolute Gasteiger partial charge is 0.337 e. The van der Waals surface area contributed by atoms with Gasteiger partial charge in [-0.1, -0.05) is 0 Å². The first-order valence-corrected chi connectivity index (χ1v) is 6.44. The molecule has 1 saturated carbocycles. The van der Waals surface area contributed by atoms with Crippen molar-refractivity contribution in [2.75, 3.05) is 18.5 Å². The van der Waals surface area contributed by atoms with Crippen molar-refractivity contribution in [1.29, 1.82) is 0 Å². The molecule has 3 N–H and O–H groups in total. The molecule has 0 aromatic carbocycles. The third-order valence-electron chi connectivity index (χ3n) is 3.12. The molecule has 19 heavy (non-hydrogen) atoms. The number of aromatic nitrogens is 2. The minimum Gasteiger partial charge on any atom is -0.337 e. The van der Waals surface area contributed by atoms with Gasteiger partial charge in [-0.25, -0.2) is 4.79 Å². The molecule has 7 nitrogen and oxygen atoms in total. The van der Waals surface area contributed by atoms with Gasteiger partial charge in [0.05, 0.1) is 5.71 Å². The number of nitrogens with zero attached hydrogens (tertiary/aromatic N) is 3. The van der Waals surface area contributed by atoms with Crippen LogP contribution in [0, 0.1) is 0 Å². The smallest absolute Gasteiger partial charge is 0.320 e. The lowest BCUT2D eigenvalue weighted by Crippen LogP contribution is -2.30. The van der Waals surface area contributed by atoms with E-state index in [4.69, 9.17) is 0 Å². The highest BCUT2D eigenvalue weighted by Gasteiger charge is 2.25. The minimum absolute atomic E-state index is 0.246. The quantitative estimate of drug-likeness (QED) is 0.743. The van der Waals surface area contributed by atoms with Crippen LogP contribution in [-0.2, 0) is 0 Å². The molecule has 2 aliphatic rings. The Kier molecular flexibility index (Phi) is 3.26. The second-order valence-corrected chi connectivity index (χ2v) is 4.72. The number of urea groups is 1. The lowest BCUT2D eigenvalue weighted by molar-refractivity contribution is 0.252. The molecule has 1 aliphatic heterocycles. The van der Waals surface area contributed by atoms with E-state index in [1.54, 1.807) is 6.21 Å². The summed E-state index contributed by atoms with van der Waals surface area (Å²) in [6.07, 6.45) is 4.86. The zero-order valence-corrected chi connectivity index (χ0v) is 10.5. The molecule has 0 saturated heterocycles. The summed E-state index contributed by atoms with van der Waals surface area (Å²) >= 11 is 0. The molecule has 2 amide bonds. The van der Waals surface area contributed by atoms with Crippen LogP contribution in [0.2, 0.25) is 0 Å². The number of aliphatic imine (C=N–C) groups is 2. The first-order chi connectivity index (χ1) is 9.31. The van der Waals surface area contributed by atoms with E-state index >= 15 is 0 Å². The number of amides is 2. The van der Waals surface area contributed by atoms with Crippen molar-refractivity contribution in [3.63, 3.8) is 0 Å². The second kappa shape index (κ2) is 5.21. The Bertz CT molecular complexity index is 528. The fourth-order valence-corrected chi connectivity index (χ4v) is 1.93. The molecule has 0 spiro atoms. The summed E-state index contributed by atoms with van der Waals surface area (Å²) in [7, 11) is 0. The molecule has 3 rings (SSSR count). The summed E-state index contributed by atoms with van der Waals surface area (Å²) in [5.41, 5.74) is 2.03. The Morgan fingerprint density at radius 1 is 1.47 bits per heavy atom. The Balaban J connectivity index is 1.41. The van der Waals surface area contributed by atoms with Crippen LogP contribution in [0.5, 0.6) is 0 Å². The van der Waals surface area contributed by atoms with Gasteiger partial charge in [0, 0.05) is 36.9 Å². The summed E-state index contributed by atoms with van der Waals surface area (Å²) in [6.45, 7) is 1.05. The standard InChI is InChI=1S/C12H16N6O/c19-12(14-4-3-9-6-13-7-15-9)16-11-5-10(17-18-11)8-1-2-8/h5-6,8H,1-4,7H2,(H3,14,16,17,18,19). The third kappa shape index (κ3) is 3.18. The zero-order chi connectivity index (χ0) is 13.1. The van der Waals surface area contributed by atoms with Crippen molar-refractivity contribution >= 4 is 23.8 Å². The number of aromatic amines is 1. The molecule has 0 atom stereocenters. The molecule has 0 bridgehead atoms. The third-order valence-corrected chi connectivity index (χ3v) is 3.12. The van der Waals surface area contributed by atoms with Crippen molar-refractivity contribution in [2.24, 2.45) is 9.98 Å². The summed E-state index contributed by atoms with van der Waals surface area (Å²) in [6, 6.07) is 1.65. The number of carbonyl (C=O) groups excluding carboxylic acids is 1. The highest BCUT2D eigenvalue weighted by atomic mass is 16.2. The molecule has 1 aromatic heterocycles. The van der Waals surface area contributed by atoms with Crippen LogP contribution in [0.15, 0.2) is 16.1 Å². The normalized spacial score (nSPS) is 17.4. The zero-order valence-electron chi connectivity index (χ0n) is 10.5. The van der Waals surface area contributed by atoms with Gasteiger partial charge in [-0.15, -0.1) is 0 Å². The van der Waals surface area contributed by atoms with Crippen LogP contribution in [-0.4, -0.2) is 41.4 Å². The van der Waals surface area contributed by atoms with Crippen molar-refractivity contribution in [2.45, 2.75) is 25.2 Å². The van der Waals surface area contributed by atoms with Gasteiger partial charge in [0.15, 0.2) is 5.82 Å². The number of hydrogen-bond acceptors (Lipinski definition) is 4. The molecule has 2 heterocycles. The molecule has 1 aromatic rings. The van der Waals surface area contributed by atoms with Crippen LogP contribution < -0.4 is 10.6 Å². The predicted molar refractivity (Wildman–Crippen MR) is 73.0 cm³/mol. The average Bonchev–Trinajstić information content (AvgIpc) is 2.92. The van der Waals surface area contributed by atoms with Gasteiger partial charge in [-0.2, -0.15) is 5.10 Å². The Labute approximate surface area is 110 Å². The summed E-state index contributed by atoms with van der Waals surface area (Å²) in [5, 5.41) is 12.5. The number of anilines is 1. The maximum atomic E-state index is 11.6. The van der Waals surface area contributed by atoms with Gasteiger partial charge >= 0.3 is 6.03 Å². The van der Waals surface area contributed by atoms with Crippen LogP contribution in [0.3, 0.4) is 0 Å². The van der Waals surface area contributed by atoms with Crippen molar-refractivity contribution in [3.8, 4) is 0 Å². The SMILES string of the molecule is O=C(NCCC1=NCN=C1)Nc1cc(C2CC2)[nH]n1. The molecule has 0 radical (unpaired) electrons. The Hall–Kier alpha value is -2.18. The fourth-order valence-electron chi connectivity index (χ4n) is 1.93. The van der Waals surface area contributed by atoms with Crippen LogP contribution in [0.1, 0.15) is 30.9 Å². The lowest BCUT2D eigenvalue weighted by Gasteiger charge is -2.04. The summed E-state index contributed by atoms with van der Waals surface area (Å²) < 4.78 is 0. The van der Waals surface area contributed by atoms with Gasteiger partial charge in [0.1, 0.15) is 6.67 Å². The summed E-state index contributed by atoms with van der Waals surface area (Å²) in [5.74, 6) is 1.17. The fraction of sp³-hybridized carbons (Fsp3) is 0.500. The molecule has 1 aliphatic carbocycles. The maximum Gasteiger partial charge on any atom is 0.320 e. The van der Waals surface area contributed by atoms with E-state index in [0.717, 1.165) is 11.4 Å². The maximum absolute atomic E-state index is 11.6. The molecule has 0 unspecified atom stereocenters. The van der Waals surface area contributed by atoms with E-state index in [1.165, 1.54) is 12.8 Å². The Morgan fingerprint density at radius 3 is 3.11 bits per heavy atom. The van der Waals surface area contributed by atoms with Gasteiger partial charge in [0.25, 0.3) is 0 Å². The highest BCUT2D eigenvalue weighted by Crippen LogP contribution is 2.39.